The van der Waals surface area contributed by atoms with Crippen molar-refractivity contribution in [1.82, 2.24) is 0 Å². The molecule has 2 saturated carbocycles. The molecule has 1 aromatic rings. The van der Waals surface area contributed by atoms with Crippen LogP contribution in [0, 0.1) is 17.8 Å². The highest BCUT2D eigenvalue weighted by atomic mass is 16.5. The number of esters is 1. The summed E-state index contributed by atoms with van der Waals surface area (Å²) in [6.07, 6.45) is 23.5. The van der Waals surface area contributed by atoms with E-state index in [1.165, 1.54) is 50.5 Å². The molecule has 3 rings (SSSR count). The summed E-state index contributed by atoms with van der Waals surface area (Å²) in [4.78, 5) is 12.6. The third-order valence-corrected chi connectivity index (χ3v) is 7.17. The molecule has 170 valence electrons. The van der Waals surface area contributed by atoms with Gasteiger partial charge in [-0.2, -0.15) is 0 Å². The topological polar surface area (TPSA) is 26.3 Å². The van der Waals surface area contributed by atoms with Crippen LogP contribution in [-0.4, -0.2) is 5.97 Å². The SMILES string of the molecule is CCC/C=C/[C@H]1CC[C@H](C(=O)Oc2ccc([C@H]3CC[C@H](/C=C/CCC)CC3)cc2)CC1. The second-order valence-electron chi connectivity index (χ2n) is 9.65. The summed E-state index contributed by atoms with van der Waals surface area (Å²) in [5.74, 6) is 2.79. The maximum Gasteiger partial charge on any atom is 0.314 e. The molecule has 1 aromatic carbocycles. The highest BCUT2D eigenvalue weighted by molar-refractivity contribution is 5.75. The van der Waals surface area contributed by atoms with E-state index in [0.717, 1.165) is 38.0 Å². The first-order valence-corrected chi connectivity index (χ1v) is 12.8. The summed E-state index contributed by atoms with van der Waals surface area (Å²) in [5.41, 5.74) is 1.40. The van der Waals surface area contributed by atoms with Crippen molar-refractivity contribution in [2.24, 2.45) is 17.8 Å². The Hall–Kier alpha value is -1.83. The molecule has 0 atom stereocenters. The maximum atomic E-state index is 12.6. The summed E-state index contributed by atoms with van der Waals surface area (Å²) in [5, 5.41) is 0. The van der Waals surface area contributed by atoms with Gasteiger partial charge >= 0.3 is 5.97 Å². The van der Waals surface area contributed by atoms with E-state index in [1.54, 1.807) is 0 Å². The van der Waals surface area contributed by atoms with Crippen molar-refractivity contribution in [2.75, 3.05) is 0 Å². The monoisotopic (exact) mass is 422 g/mol. The van der Waals surface area contributed by atoms with Crippen LogP contribution < -0.4 is 4.74 Å². The third-order valence-electron chi connectivity index (χ3n) is 7.17. The van der Waals surface area contributed by atoms with Crippen LogP contribution in [0.4, 0.5) is 0 Å². The molecule has 0 heterocycles. The Morgan fingerprint density at radius 3 is 1.84 bits per heavy atom. The highest BCUT2D eigenvalue weighted by Crippen LogP contribution is 2.37. The summed E-state index contributed by atoms with van der Waals surface area (Å²) >= 11 is 0. The molecular formula is C29H42O2. The number of hydrogen-bond donors (Lipinski definition) is 0. The first kappa shape index (κ1) is 23.8. The van der Waals surface area contributed by atoms with Crippen molar-refractivity contribution in [3.63, 3.8) is 0 Å². The lowest BCUT2D eigenvalue weighted by Crippen LogP contribution is -2.25. The van der Waals surface area contributed by atoms with Gasteiger partial charge in [0.15, 0.2) is 0 Å². The second kappa shape index (κ2) is 12.9. The molecule has 0 unspecified atom stereocenters. The average molecular weight is 423 g/mol. The number of carbonyl (C=O) groups excluding carboxylic acids is 1. The highest BCUT2D eigenvalue weighted by Gasteiger charge is 2.27. The minimum Gasteiger partial charge on any atom is -0.426 e. The van der Waals surface area contributed by atoms with Crippen LogP contribution in [0.15, 0.2) is 48.6 Å². The van der Waals surface area contributed by atoms with Gasteiger partial charge in [-0.3, -0.25) is 4.79 Å². The zero-order valence-corrected chi connectivity index (χ0v) is 19.7. The molecular weight excluding hydrogens is 380 g/mol. The van der Waals surface area contributed by atoms with E-state index in [9.17, 15) is 4.79 Å². The summed E-state index contributed by atoms with van der Waals surface area (Å²) in [7, 11) is 0. The Balaban J connectivity index is 1.42. The molecule has 2 aliphatic carbocycles. The van der Waals surface area contributed by atoms with Crippen LogP contribution in [0.1, 0.15) is 102 Å². The van der Waals surface area contributed by atoms with E-state index < -0.39 is 0 Å². The minimum atomic E-state index is -0.0388. The number of carbonyl (C=O) groups is 1. The van der Waals surface area contributed by atoms with Gasteiger partial charge in [0.05, 0.1) is 5.92 Å². The van der Waals surface area contributed by atoms with E-state index in [4.69, 9.17) is 4.74 Å². The molecule has 0 aliphatic heterocycles. The molecule has 0 radical (unpaired) electrons. The molecule has 0 spiro atoms. The van der Waals surface area contributed by atoms with Crippen molar-refractivity contribution in [1.29, 1.82) is 0 Å². The fourth-order valence-corrected chi connectivity index (χ4v) is 5.11. The van der Waals surface area contributed by atoms with Gasteiger partial charge in [-0.15, -0.1) is 0 Å². The Kier molecular flexibility index (Phi) is 9.90. The Morgan fingerprint density at radius 1 is 0.806 bits per heavy atom. The van der Waals surface area contributed by atoms with E-state index in [-0.39, 0.29) is 11.9 Å². The van der Waals surface area contributed by atoms with Gasteiger partial charge in [0.2, 0.25) is 0 Å². The number of ether oxygens (including phenoxy) is 1. The molecule has 0 bridgehead atoms. The van der Waals surface area contributed by atoms with Crippen molar-refractivity contribution in [3.05, 3.63) is 54.1 Å². The number of benzene rings is 1. The molecule has 2 heteroatoms. The first-order valence-electron chi connectivity index (χ1n) is 12.8. The van der Waals surface area contributed by atoms with Crippen LogP contribution >= 0.6 is 0 Å². The van der Waals surface area contributed by atoms with Gasteiger partial charge < -0.3 is 4.74 Å². The predicted molar refractivity (Wildman–Crippen MR) is 130 cm³/mol. The predicted octanol–water partition coefficient (Wildman–Crippen LogP) is 8.38. The molecule has 2 fully saturated rings. The molecule has 0 amide bonds. The van der Waals surface area contributed by atoms with Gasteiger partial charge in [0.25, 0.3) is 0 Å². The molecule has 31 heavy (non-hydrogen) atoms. The van der Waals surface area contributed by atoms with Crippen LogP contribution in [0.25, 0.3) is 0 Å². The second-order valence-corrected chi connectivity index (χ2v) is 9.65. The first-order chi connectivity index (χ1) is 15.2. The van der Waals surface area contributed by atoms with Crippen LogP contribution in [-0.2, 0) is 4.79 Å². The average Bonchev–Trinajstić information content (AvgIpc) is 2.81. The molecule has 0 saturated heterocycles. The molecule has 0 N–H and O–H groups in total. The fraction of sp³-hybridized carbons (Fsp3) is 0.621. The zero-order chi connectivity index (χ0) is 21.9. The smallest absolute Gasteiger partial charge is 0.314 e. The maximum absolute atomic E-state index is 12.6. The largest absolute Gasteiger partial charge is 0.426 e. The molecule has 0 aromatic heterocycles. The summed E-state index contributed by atoms with van der Waals surface area (Å²) in [6.45, 7) is 4.45. The third kappa shape index (κ3) is 7.66. The van der Waals surface area contributed by atoms with Gasteiger partial charge in [-0.25, -0.2) is 0 Å². The van der Waals surface area contributed by atoms with Gasteiger partial charge in [-0.05, 0) is 99.7 Å². The normalized spacial score (nSPS) is 27.0. The van der Waals surface area contributed by atoms with Crippen molar-refractivity contribution in [2.45, 2.75) is 96.8 Å². The number of unbranched alkanes of at least 4 members (excludes halogenated alkanes) is 2. The summed E-state index contributed by atoms with van der Waals surface area (Å²) < 4.78 is 5.74. The van der Waals surface area contributed by atoms with E-state index in [2.05, 4.69) is 50.3 Å². The lowest BCUT2D eigenvalue weighted by Gasteiger charge is -2.27. The standard InChI is InChI=1S/C29H42O2/c1-3-5-7-9-23-11-15-25(16-12-23)26-19-21-28(22-20-26)31-29(30)27-17-13-24(14-18-27)10-8-6-4-2/h7-10,19-25,27H,3-6,11-18H2,1-2H3/b9-7+,10-8+/t23-,24-,25-,27-. The lowest BCUT2D eigenvalue weighted by molar-refractivity contribution is -0.140. The molecule has 2 aliphatic rings. The van der Waals surface area contributed by atoms with Gasteiger partial charge in [-0.1, -0.05) is 63.1 Å². The van der Waals surface area contributed by atoms with Gasteiger partial charge in [0.1, 0.15) is 5.75 Å². The van der Waals surface area contributed by atoms with Gasteiger partial charge in [0, 0.05) is 0 Å². The van der Waals surface area contributed by atoms with Crippen molar-refractivity contribution < 1.29 is 9.53 Å². The van der Waals surface area contributed by atoms with Crippen molar-refractivity contribution >= 4 is 5.97 Å². The van der Waals surface area contributed by atoms with E-state index in [1.807, 2.05) is 12.1 Å². The zero-order valence-electron chi connectivity index (χ0n) is 19.7. The van der Waals surface area contributed by atoms with Crippen molar-refractivity contribution in [3.8, 4) is 5.75 Å². The lowest BCUT2D eigenvalue weighted by atomic mass is 9.78. The van der Waals surface area contributed by atoms with Crippen LogP contribution in [0.3, 0.4) is 0 Å². The fourth-order valence-electron chi connectivity index (χ4n) is 5.11. The Labute approximate surface area is 190 Å². The number of hydrogen-bond acceptors (Lipinski definition) is 2. The quantitative estimate of drug-likeness (QED) is 0.227. The number of allylic oxidation sites excluding steroid dienone is 4. The molecule has 2 nitrogen and oxygen atoms in total. The van der Waals surface area contributed by atoms with Crippen LogP contribution in [0.2, 0.25) is 0 Å². The number of rotatable bonds is 9. The minimum absolute atomic E-state index is 0.0388. The Bertz CT molecular complexity index is 699. The Morgan fingerprint density at radius 2 is 1.32 bits per heavy atom. The van der Waals surface area contributed by atoms with E-state index in [0.29, 0.717) is 17.6 Å². The summed E-state index contributed by atoms with van der Waals surface area (Å²) in [6, 6.07) is 8.35. The van der Waals surface area contributed by atoms with Crippen LogP contribution in [0.5, 0.6) is 5.75 Å². The van der Waals surface area contributed by atoms with E-state index >= 15 is 0 Å².